The standard InChI is InChI=1S/C14H15NO3S2/c1-4-19-14-15-10(13(16)20-14)8-9-6-5-7-11(17-2)12(9)18-3/h5-8H,4H2,1-3H3. The van der Waals surface area contributed by atoms with Gasteiger partial charge in [-0.2, -0.15) is 0 Å². The van der Waals surface area contributed by atoms with Crippen LogP contribution in [0.15, 0.2) is 28.9 Å². The number of methoxy groups -OCH3 is 2. The van der Waals surface area contributed by atoms with E-state index in [4.69, 9.17) is 9.47 Å². The second-order valence-corrected chi connectivity index (χ2v) is 6.29. The van der Waals surface area contributed by atoms with E-state index >= 15 is 0 Å². The van der Waals surface area contributed by atoms with Crippen molar-refractivity contribution < 1.29 is 14.3 Å². The lowest BCUT2D eigenvalue weighted by atomic mass is 10.1. The third kappa shape index (κ3) is 3.19. The summed E-state index contributed by atoms with van der Waals surface area (Å²) >= 11 is 2.74. The van der Waals surface area contributed by atoms with E-state index in [2.05, 4.69) is 4.99 Å². The molecule has 1 aromatic carbocycles. The molecule has 2 rings (SSSR count). The largest absolute Gasteiger partial charge is 0.493 e. The van der Waals surface area contributed by atoms with Crippen molar-refractivity contribution in [1.29, 1.82) is 0 Å². The topological polar surface area (TPSA) is 47.9 Å². The summed E-state index contributed by atoms with van der Waals surface area (Å²) in [6.07, 6.45) is 1.74. The zero-order valence-electron chi connectivity index (χ0n) is 11.5. The number of thioether (sulfide) groups is 2. The van der Waals surface area contributed by atoms with Crippen LogP contribution in [0, 0.1) is 0 Å². The Morgan fingerprint density at radius 3 is 2.80 bits per heavy atom. The minimum atomic E-state index is -0.0363. The summed E-state index contributed by atoms with van der Waals surface area (Å²) < 4.78 is 11.4. The highest BCUT2D eigenvalue weighted by Crippen LogP contribution is 2.35. The van der Waals surface area contributed by atoms with E-state index in [0.29, 0.717) is 17.2 Å². The predicted molar refractivity (Wildman–Crippen MR) is 85.7 cm³/mol. The van der Waals surface area contributed by atoms with E-state index in [1.165, 1.54) is 11.8 Å². The van der Waals surface area contributed by atoms with Crippen LogP contribution in [0.25, 0.3) is 6.08 Å². The molecule has 1 aliphatic rings. The maximum absolute atomic E-state index is 11.9. The molecule has 0 unspecified atom stereocenters. The van der Waals surface area contributed by atoms with E-state index in [1.807, 2.05) is 25.1 Å². The van der Waals surface area contributed by atoms with Gasteiger partial charge in [0.15, 0.2) is 11.5 Å². The van der Waals surface area contributed by atoms with Crippen LogP contribution in [0.3, 0.4) is 0 Å². The van der Waals surface area contributed by atoms with Crippen LogP contribution in [0.4, 0.5) is 0 Å². The van der Waals surface area contributed by atoms with Gasteiger partial charge in [-0.05, 0) is 29.7 Å². The number of nitrogens with zero attached hydrogens (tertiary/aromatic N) is 1. The fraction of sp³-hybridized carbons (Fsp3) is 0.286. The second kappa shape index (κ2) is 6.85. The molecule has 0 spiro atoms. The number of ether oxygens (including phenoxy) is 2. The Labute approximate surface area is 126 Å². The molecule has 0 aliphatic carbocycles. The van der Waals surface area contributed by atoms with Crippen molar-refractivity contribution in [2.75, 3.05) is 20.0 Å². The molecule has 0 N–H and O–H groups in total. The third-order valence-electron chi connectivity index (χ3n) is 2.59. The number of hydrogen-bond donors (Lipinski definition) is 0. The van der Waals surface area contributed by atoms with Crippen molar-refractivity contribution in [2.24, 2.45) is 4.99 Å². The number of benzene rings is 1. The molecule has 20 heavy (non-hydrogen) atoms. The Morgan fingerprint density at radius 1 is 1.35 bits per heavy atom. The summed E-state index contributed by atoms with van der Waals surface area (Å²) in [4.78, 5) is 16.3. The fourth-order valence-electron chi connectivity index (χ4n) is 1.75. The maximum atomic E-state index is 11.9. The van der Waals surface area contributed by atoms with Crippen molar-refractivity contribution in [2.45, 2.75) is 6.92 Å². The van der Waals surface area contributed by atoms with Crippen molar-refractivity contribution in [3.8, 4) is 11.5 Å². The summed E-state index contributed by atoms with van der Waals surface area (Å²) in [6, 6.07) is 5.53. The SMILES string of the molecule is CCSC1=NC(=Cc2cccc(OC)c2OC)C(=O)S1. The lowest BCUT2D eigenvalue weighted by Crippen LogP contribution is -1.94. The van der Waals surface area contributed by atoms with Crippen molar-refractivity contribution in [1.82, 2.24) is 0 Å². The lowest BCUT2D eigenvalue weighted by molar-refractivity contribution is -0.107. The summed E-state index contributed by atoms with van der Waals surface area (Å²) in [5, 5.41) is -0.0363. The summed E-state index contributed by atoms with van der Waals surface area (Å²) in [7, 11) is 3.16. The molecular weight excluding hydrogens is 294 g/mol. The van der Waals surface area contributed by atoms with E-state index in [-0.39, 0.29) is 5.12 Å². The summed E-state index contributed by atoms with van der Waals surface area (Å²) in [6.45, 7) is 2.03. The molecule has 1 aromatic rings. The number of hydrogen-bond acceptors (Lipinski definition) is 6. The Kier molecular flexibility index (Phi) is 5.14. The molecule has 0 saturated heterocycles. The quantitative estimate of drug-likeness (QED) is 0.798. The molecule has 0 fully saturated rings. The number of rotatable bonds is 4. The Morgan fingerprint density at radius 2 is 2.15 bits per heavy atom. The number of carbonyl (C=O) groups excluding carboxylic acids is 1. The van der Waals surface area contributed by atoms with Gasteiger partial charge >= 0.3 is 0 Å². The number of carbonyl (C=O) groups is 1. The highest BCUT2D eigenvalue weighted by molar-refractivity contribution is 8.45. The molecule has 0 radical (unpaired) electrons. The first-order valence-corrected chi connectivity index (χ1v) is 7.86. The fourth-order valence-corrected chi connectivity index (χ4v) is 3.49. The Bertz CT molecular complexity index is 582. The van der Waals surface area contributed by atoms with Crippen LogP contribution in [-0.4, -0.2) is 29.5 Å². The van der Waals surface area contributed by atoms with E-state index in [1.54, 1.807) is 32.1 Å². The minimum Gasteiger partial charge on any atom is -0.493 e. The van der Waals surface area contributed by atoms with Crippen molar-refractivity contribution in [3.05, 3.63) is 29.5 Å². The van der Waals surface area contributed by atoms with Gasteiger partial charge in [0.05, 0.1) is 14.2 Å². The van der Waals surface area contributed by atoms with Crippen LogP contribution in [0.2, 0.25) is 0 Å². The molecule has 6 heteroatoms. The van der Waals surface area contributed by atoms with Gasteiger partial charge in [0.25, 0.3) is 0 Å². The molecule has 4 nitrogen and oxygen atoms in total. The lowest BCUT2D eigenvalue weighted by Gasteiger charge is -2.09. The second-order valence-electron chi connectivity index (χ2n) is 3.81. The molecule has 0 aromatic heterocycles. The minimum absolute atomic E-state index is 0.0363. The van der Waals surface area contributed by atoms with Gasteiger partial charge < -0.3 is 9.47 Å². The highest BCUT2D eigenvalue weighted by Gasteiger charge is 2.22. The van der Waals surface area contributed by atoms with Crippen LogP contribution in [-0.2, 0) is 4.79 Å². The van der Waals surface area contributed by atoms with Crippen LogP contribution < -0.4 is 9.47 Å². The van der Waals surface area contributed by atoms with Gasteiger partial charge in [-0.3, -0.25) is 4.79 Å². The van der Waals surface area contributed by atoms with Gasteiger partial charge in [-0.1, -0.05) is 30.8 Å². The molecule has 0 amide bonds. The summed E-state index contributed by atoms with van der Waals surface area (Å²) in [5.41, 5.74) is 1.22. The average Bonchev–Trinajstić information content (AvgIpc) is 2.79. The van der Waals surface area contributed by atoms with Crippen LogP contribution in [0.5, 0.6) is 11.5 Å². The van der Waals surface area contributed by atoms with E-state index in [9.17, 15) is 4.79 Å². The zero-order valence-corrected chi connectivity index (χ0v) is 13.1. The molecular formula is C14H15NO3S2. The van der Waals surface area contributed by atoms with Crippen molar-refractivity contribution in [3.63, 3.8) is 0 Å². The number of aliphatic imine (C=N–C) groups is 1. The van der Waals surface area contributed by atoms with Crippen LogP contribution >= 0.6 is 23.5 Å². The van der Waals surface area contributed by atoms with E-state index in [0.717, 1.165) is 15.7 Å². The Hall–Kier alpha value is -1.40. The zero-order chi connectivity index (χ0) is 14.5. The molecule has 0 saturated carbocycles. The molecule has 106 valence electrons. The summed E-state index contributed by atoms with van der Waals surface area (Å²) in [5.74, 6) is 2.13. The first kappa shape index (κ1) is 15.0. The monoisotopic (exact) mass is 309 g/mol. The molecule has 0 atom stereocenters. The van der Waals surface area contributed by atoms with Gasteiger partial charge in [0.2, 0.25) is 5.12 Å². The average molecular weight is 309 g/mol. The number of para-hydroxylation sites is 1. The Balaban J connectivity index is 2.38. The maximum Gasteiger partial charge on any atom is 0.244 e. The molecule has 1 heterocycles. The van der Waals surface area contributed by atoms with Gasteiger partial charge in [0, 0.05) is 5.56 Å². The molecule has 1 aliphatic heterocycles. The van der Waals surface area contributed by atoms with Gasteiger partial charge in [-0.15, -0.1) is 0 Å². The molecule has 0 bridgehead atoms. The normalized spacial score (nSPS) is 16.4. The predicted octanol–water partition coefficient (Wildman–Crippen LogP) is 3.43. The van der Waals surface area contributed by atoms with Crippen molar-refractivity contribution >= 4 is 39.1 Å². The smallest absolute Gasteiger partial charge is 0.244 e. The van der Waals surface area contributed by atoms with Crippen LogP contribution in [0.1, 0.15) is 12.5 Å². The first-order valence-electron chi connectivity index (χ1n) is 6.06. The van der Waals surface area contributed by atoms with Gasteiger partial charge in [-0.25, -0.2) is 4.99 Å². The third-order valence-corrected chi connectivity index (χ3v) is 4.49. The van der Waals surface area contributed by atoms with E-state index < -0.39 is 0 Å². The highest BCUT2D eigenvalue weighted by atomic mass is 32.2. The van der Waals surface area contributed by atoms with Gasteiger partial charge in [0.1, 0.15) is 10.1 Å². The first-order chi connectivity index (χ1) is 9.69.